The predicted octanol–water partition coefficient (Wildman–Crippen LogP) is 8.17. The van der Waals surface area contributed by atoms with E-state index in [9.17, 15) is 9.59 Å². The molecular weight excluding hydrogens is 408 g/mol. The summed E-state index contributed by atoms with van der Waals surface area (Å²) in [6.07, 6.45) is 23.1. The molecule has 0 saturated carbocycles. The van der Waals surface area contributed by atoms with Gasteiger partial charge in [0.2, 0.25) is 0 Å². The molecule has 0 aromatic rings. The summed E-state index contributed by atoms with van der Waals surface area (Å²) < 4.78 is 5.33. The maximum atomic E-state index is 11.7. The van der Waals surface area contributed by atoms with E-state index in [0.717, 1.165) is 43.6 Å². The van der Waals surface area contributed by atoms with Crippen molar-refractivity contribution in [3.05, 3.63) is 0 Å². The van der Waals surface area contributed by atoms with Gasteiger partial charge in [0.1, 0.15) is 0 Å². The third-order valence-corrected chi connectivity index (χ3v) is 6.76. The Bertz CT molecular complexity index is 401. The van der Waals surface area contributed by atoms with Crippen molar-refractivity contribution >= 4 is 23.7 Å². The Balaban J connectivity index is 3.15. The van der Waals surface area contributed by atoms with Crippen LogP contribution >= 0.6 is 11.8 Å². The van der Waals surface area contributed by atoms with Gasteiger partial charge in [-0.1, -0.05) is 90.4 Å². The first kappa shape index (κ1) is 30.3. The second kappa shape index (κ2) is 25.5. The molecule has 0 heterocycles. The van der Waals surface area contributed by atoms with E-state index in [1.54, 1.807) is 0 Å². The lowest BCUT2D eigenvalue weighted by Gasteiger charge is -2.05. The van der Waals surface area contributed by atoms with Gasteiger partial charge in [-0.2, -0.15) is 11.8 Å². The summed E-state index contributed by atoms with van der Waals surface area (Å²) in [6, 6.07) is 0. The lowest BCUT2D eigenvalue weighted by molar-refractivity contribution is -0.144. The summed E-state index contributed by atoms with van der Waals surface area (Å²) in [7, 11) is 0. The molecule has 4 nitrogen and oxygen atoms in total. The Hall–Kier alpha value is -0.710. The van der Waals surface area contributed by atoms with Gasteiger partial charge in [-0.15, -0.1) is 0 Å². The highest BCUT2D eigenvalue weighted by atomic mass is 32.2. The number of hydrogen-bond acceptors (Lipinski definition) is 4. The van der Waals surface area contributed by atoms with E-state index >= 15 is 0 Å². The second-order valence-electron chi connectivity index (χ2n) is 8.74. The zero-order valence-electron chi connectivity index (χ0n) is 20.3. The van der Waals surface area contributed by atoms with Crippen LogP contribution < -0.4 is 0 Å². The van der Waals surface area contributed by atoms with Crippen LogP contribution in [0, 0.1) is 0 Å². The molecule has 0 aromatic heterocycles. The normalized spacial score (nSPS) is 11.0. The number of unbranched alkanes of at least 4 members (excludes halogenated alkanes) is 15. The number of carbonyl (C=O) groups excluding carboxylic acids is 1. The number of rotatable bonds is 25. The zero-order chi connectivity index (χ0) is 22.8. The second-order valence-corrected chi connectivity index (χ2v) is 9.96. The fraction of sp³-hybridized carbons (Fsp3) is 0.923. The lowest BCUT2D eigenvalue weighted by atomic mass is 10.0. The van der Waals surface area contributed by atoms with Crippen LogP contribution in [0.1, 0.15) is 135 Å². The van der Waals surface area contributed by atoms with E-state index in [4.69, 9.17) is 9.84 Å². The van der Waals surface area contributed by atoms with Crippen LogP contribution in [0.2, 0.25) is 0 Å². The summed E-state index contributed by atoms with van der Waals surface area (Å²) in [5.41, 5.74) is 0. The molecule has 5 heteroatoms. The number of aliphatic carboxylic acids is 1. The first-order chi connectivity index (χ1) is 15.2. The molecule has 0 aliphatic carbocycles. The Kier molecular flexibility index (Phi) is 25.0. The molecule has 0 aliphatic rings. The summed E-state index contributed by atoms with van der Waals surface area (Å²) in [6.45, 7) is 2.85. The SMILES string of the molecule is CCCCCCCCCCCCCCCCOC(=O)CCCCSCCCCC(=O)O. The van der Waals surface area contributed by atoms with Gasteiger partial charge in [0.15, 0.2) is 0 Å². The minimum atomic E-state index is -0.711. The van der Waals surface area contributed by atoms with Crippen molar-refractivity contribution in [3.8, 4) is 0 Å². The Labute approximate surface area is 196 Å². The van der Waals surface area contributed by atoms with E-state index in [1.165, 1.54) is 83.5 Å². The minimum absolute atomic E-state index is 0.0545. The van der Waals surface area contributed by atoms with Crippen LogP contribution in [0.4, 0.5) is 0 Å². The number of thioether (sulfide) groups is 1. The molecule has 0 saturated heterocycles. The Morgan fingerprint density at radius 1 is 0.613 bits per heavy atom. The number of esters is 1. The van der Waals surface area contributed by atoms with Gasteiger partial charge >= 0.3 is 11.9 Å². The van der Waals surface area contributed by atoms with Crippen LogP contribution in [0.25, 0.3) is 0 Å². The van der Waals surface area contributed by atoms with E-state index < -0.39 is 5.97 Å². The summed E-state index contributed by atoms with van der Waals surface area (Å²) in [5.74, 6) is 1.29. The molecule has 0 atom stereocenters. The first-order valence-corrected chi connectivity index (χ1v) is 14.3. The smallest absolute Gasteiger partial charge is 0.305 e. The molecule has 0 amide bonds. The highest BCUT2D eigenvalue weighted by molar-refractivity contribution is 7.99. The monoisotopic (exact) mass is 458 g/mol. The fourth-order valence-corrected chi connectivity index (χ4v) is 4.63. The molecule has 0 spiro atoms. The molecular formula is C26H50O4S. The molecule has 0 fully saturated rings. The molecule has 0 bridgehead atoms. The number of carboxylic acid groups (broad SMARTS) is 1. The van der Waals surface area contributed by atoms with E-state index in [-0.39, 0.29) is 12.4 Å². The van der Waals surface area contributed by atoms with Crippen molar-refractivity contribution in [1.29, 1.82) is 0 Å². The van der Waals surface area contributed by atoms with E-state index in [1.807, 2.05) is 11.8 Å². The standard InChI is InChI=1S/C26H50O4S/c1-2-3-4-5-6-7-8-9-10-11-12-13-14-17-22-30-26(29)21-16-19-24-31-23-18-15-20-25(27)28/h2-24H2,1H3,(H,27,28). The van der Waals surface area contributed by atoms with Gasteiger partial charge in [-0.05, 0) is 43.6 Å². The average molecular weight is 459 g/mol. The molecule has 0 aromatic carbocycles. The molecule has 0 unspecified atom stereocenters. The summed E-state index contributed by atoms with van der Waals surface area (Å²) in [5, 5.41) is 8.57. The highest BCUT2D eigenvalue weighted by Crippen LogP contribution is 2.13. The molecule has 184 valence electrons. The van der Waals surface area contributed by atoms with Gasteiger partial charge < -0.3 is 9.84 Å². The fourth-order valence-electron chi connectivity index (χ4n) is 3.61. The molecule has 1 N–H and O–H groups in total. The van der Waals surface area contributed by atoms with Gasteiger partial charge in [-0.3, -0.25) is 9.59 Å². The van der Waals surface area contributed by atoms with Crippen molar-refractivity contribution in [2.75, 3.05) is 18.1 Å². The third-order valence-electron chi connectivity index (χ3n) is 5.61. The maximum absolute atomic E-state index is 11.7. The average Bonchev–Trinajstić information content (AvgIpc) is 2.75. The number of hydrogen-bond donors (Lipinski definition) is 1. The number of ether oxygens (including phenoxy) is 1. The molecule has 31 heavy (non-hydrogen) atoms. The van der Waals surface area contributed by atoms with Crippen molar-refractivity contribution in [2.45, 2.75) is 135 Å². The Morgan fingerprint density at radius 2 is 1.06 bits per heavy atom. The molecule has 0 rings (SSSR count). The van der Waals surface area contributed by atoms with Crippen LogP contribution in [-0.2, 0) is 14.3 Å². The van der Waals surface area contributed by atoms with Crippen LogP contribution in [0.15, 0.2) is 0 Å². The third kappa shape index (κ3) is 27.3. The maximum Gasteiger partial charge on any atom is 0.305 e. The highest BCUT2D eigenvalue weighted by Gasteiger charge is 2.03. The largest absolute Gasteiger partial charge is 0.481 e. The van der Waals surface area contributed by atoms with Crippen LogP contribution in [0.3, 0.4) is 0 Å². The zero-order valence-corrected chi connectivity index (χ0v) is 21.2. The van der Waals surface area contributed by atoms with Gasteiger partial charge in [0.25, 0.3) is 0 Å². The number of carboxylic acids is 1. The summed E-state index contributed by atoms with van der Waals surface area (Å²) >= 11 is 1.85. The van der Waals surface area contributed by atoms with E-state index in [2.05, 4.69) is 6.92 Å². The predicted molar refractivity (Wildman–Crippen MR) is 134 cm³/mol. The number of carbonyl (C=O) groups is 2. The van der Waals surface area contributed by atoms with Crippen LogP contribution in [-0.4, -0.2) is 35.2 Å². The van der Waals surface area contributed by atoms with Gasteiger partial charge in [0, 0.05) is 12.8 Å². The lowest BCUT2D eigenvalue weighted by Crippen LogP contribution is -2.05. The van der Waals surface area contributed by atoms with Crippen molar-refractivity contribution in [3.63, 3.8) is 0 Å². The van der Waals surface area contributed by atoms with Gasteiger partial charge in [-0.25, -0.2) is 0 Å². The van der Waals surface area contributed by atoms with Crippen molar-refractivity contribution < 1.29 is 19.4 Å². The van der Waals surface area contributed by atoms with Crippen LogP contribution in [0.5, 0.6) is 0 Å². The Morgan fingerprint density at radius 3 is 1.55 bits per heavy atom. The minimum Gasteiger partial charge on any atom is -0.481 e. The topological polar surface area (TPSA) is 63.6 Å². The van der Waals surface area contributed by atoms with Crippen molar-refractivity contribution in [2.24, 2.45) is 0 Å². The van der Waals surface area contributed by atoms with Crippen molar-refractivity contribution in [1.82, 2.24) is 0 Å². The molecule has 0 radical (unpaired) electrons. The molecule has 0 aliphatic heterocycles. The quantitative estimate of drug-likeness (QED) is 0.110. The summed E-state index contributed by atoms with van der Waals surface area (Å²) in [4.78, 5) is 22.1. The first-order valence-electron chi connectivity index (χ1n) is 13.1. The van der Waals surface area contributed by atoms with Gasteiger partial charge in [0.05, 0.1) is 6.61 Å². The van der Waals surface area contributed by atoms with E-state index in [0.29, 0.717) is 13.0 Å².